The first-order valence-corrected chi connectivity index (χ1v) is 11.5. The van der Waals surface area contributed by atoms with E-state index in [1.807, 2.05) is 24.3 Å². The van der Waals surface area contributed by atoms with Crippen molar-refractivity contribution >= 4 is 74.0 Å². The zero-order valence-electron chi connectivity index (χ0n) is 15.3. The predicted octanol–water partition coefficient (Wildman–Crippen LogP) is 6.70. The largest absolute Gasteiger partial charge is 0.268 e. The molecule has 0 unspecified atom stereocenters. The molecule has 30 heavy (non-hydrogen) atoms. The van der Waals surface area contributed by atoms with Crippen LogP contribution in [0.4, 0.5) is 5.69 Å². The average Bonchev–Trinajstić information content (AvgIpc) is 3.27. The van der Waals surface area contributed by atoms with Crippen molar-refractivity contribution in [2.45, 2.75) is 10.1 Å². The molecule has 0 N–H and O–H groups in total. The summed E-state index contributed by atoms with van der Waals surface area (Å²) in [7, 11) is 0. The molecule has 5 rings (SSSR count). The Morgan fingerprint density at radius 1 is 0.900 bits per heavy atom. The number of hydrogen-bond donors (Lipinski definition) is 0. The smallest absolute Gasteiger partial charge is 0.266 e. The van der Waals surface area contributed by atoms with Crippen molar-refractivity contribution in [3.63, 3.8) is 0 Å². The van der Waals surface area contributed by atoms with E-state index in [0.29, 0.717) is 32.6 Å². The van der Waals surface area contributed by atoms with Gasteiger partial charge in [-0.25, -0.2) is 9.88 Å². The molecule has 8 heteroatoms. The Kier molecular flexibility index (Phi) is 5.03. The molecule has 0 fully saturated rings. The molecule has 0 saturated heterocycles. The molecule has 2 heterocycles. The highest BCUT2D eigenvalue weighted by Gasteiger charge is 2.36. The van der Waals surface area contributed by atoms with Crippen LogP contribution in [0.3, 0.4) is 0 Å². The number of thiazole rings is 1. The first-order valence-electron chi connectivity index (χ1n) is 8.96. The van der Waals surface area contributed by atoms with Crippen LogP contribution in [0.15, 0.2) is 65.0 Å². The van der Waals surface area contributed by atoms with E-state index in [1.165, 1.54) is 16.2 Å². The van der Waals surface area contributed by atoms with Crippen molar-refractivity contribution in [2.24, 2.45) is 0 Å². The summed E-state index contributed by atoms with van der Waals surface area (Å²) in [6.45, 7) is 0. The molecule has 0 saturated carbocycles. The fraction of sp³-hybridized carbons (Fsp3) is 0.0455. The topological polar surface area (TPSA) is 50.3 Å². The van der Waals surface area contributed by atoms with Crippen LogP contribution in [0.5, 0.6) is 0 Å². The molecular formula is C22H12Cl2N2O2S2. The lowest BCUT2D eigenvalue weighted by Gasteiger charge is -2.13. The van der Waals surface area contributed by atoms with Crippen LogP contribution in [0, 0.1) is 0 Å². The standard InChI is InChI=1S/C22H12Cl2N2O2S2/c23-16-7-5-12(9-17(16)24)11-29-22-25-18-8-6-13(10-19(18)30-22)26-20(27)14-3-1-2-4-15(14)21(26)28/h1-10H,11H2. The minimum atomic E-state index is -0.298. The molecule has 4 aromatic rings. The van der Waals surface area contributed by atoms with Crippen molar-refractivity contribution in [2.75, 3.05) is 4.90 Å². The Morgan fingerprint density at radius 3 is 2.33 bits per heavy atom. The first-order chi connectivity index (χ1) is 14.5. The van der Waals surface area contributed by atoms with Gasteiger partial charge in [0.1, 0.15) is 0 Å². The van der Waals surface area contributed by atoms with Crippen molar-refractivity contribution in [3.8, 4) is 0 Å². The van der Waals surface area contributed by atoms with Gasteiger partial charge in [0.05, 0.1) is 37.1 Å². The number of nitrogens with zero attached hydrogens (tertiary/aromatic N) is 2. The number of aromatic nitrogens is 1. The molecule has 1 aliphatic rings. The summed E-state index contributed by atoms with van der Waals surface area (Å²) in [6, 6.07) is 17.9. The average molecular weight is 471 g/mol. The van der Waals surface area contributed by atoms with Crippen molar-refractivity contribution in [1.29, 1.82) is 0 Å². The van der Waals surface area contributed by atoms with Gasteiger partial charge in [-0.2, -0.15) is 0 Å². The van der Waals surface area contributed by atoms with E-state index in [1.54, 1.807) is 48.2 Å². The Bertz CT molecular complexity index is 1300. The maximum absolute atomic E-state index is 12.7. The highest BCUT2D eigenvalue weighted by molar-refractivity contribution is 8.00. The predicted molar refractivity (Wildman–Crippen MR) is 123 cm³/mol. The van der Waals surface area contributed by atoms with Gasteiger partial charge in [0, 0.05) is 5.75 Å². The van der Waals surface area contributed by atoms with Crippen molar-refractivity contribution in [3.05, 3.63) is 87.4 Å². The summed E-state index contributed by atoms with van der Waals surface area (Å²) in [5.41, 5.74) is 3.31. The third-order valence-electron chi connectivity index (χ3n) is 4.75. The van der Waals surface area contributed by atoms with E-state index in [4.69, 9.17) is 23.2 Å². The van der Waals surface area contributed by atoms with Crippen LogP contribution in [-0.4, -0.2) is 16.8 Å². The number of halogens is 2. The van der Waals surface area contributed by atoms with Crippen molar-refractivity contribution < 1.29 is 9.59 Å². The molecule has 0 atom stereocenters. The maximum Gasteiger partial charge on any atom is 0.266 e. The third kappa shape index (κ3) is 3.40. The molecule has 148 valence electrons. The molecule has 0 spiro atoms. The lowest BCUT2D eigenvalue weighted by atomic mass is 10.1. The number of imide groups is 1. The quantitative estimate of drug-likeness (QED) is 0.246. The lowest BCUT2D eigenvalue weighted by molar-refractivity contribution is 0.0926. The second-order valence-electron chi connectivity index (χ2n) is 6.66. The van der Waals surface area contributed by atoms with Gasteiger partial charge in [-0.05, 0) is 48.0 Å². The Labute approximate surface area is 190 Å². The summed E-state index contributed by atoms with van der Waals surface area (Å²) >= 11 is 15.2. The summed E-state index contributed by atoms with van der Waals surface area (Å²) < 4.78 is 1.82. The molecule has 4 nitrogen and oxygen atoms in total. The summed E-state index contributed by atoms with van der Waals surface area (Å²) in [6.07, 6.45) is 0. The van der Waals surface area contributed by atoms with Crippen LogP contribution in [-0.2, 0) is 5.75 Å². The number of anilines is 1. The molecule has 0 bridgehead atoms. The SMILES string of the molecule is O=C1c2ccccc2C(=O)N1c1ccc2nc(SCc3ccc(Cl)c(Cl)c3)sc2c1. The Hall–Kier alpha value is -2.38. The van der Waals surface area contributed by atoms with Crippen LogP contribution in [0.1, 0.15) is 26.3 Å². The monoisotopic (exact) mass is 470 g/mol. The molecule has 2 amide bonds. The summed E-state index contributed by atoms with van der Waals surface area (Å²) in [5.74, 6) is 0.115. The van der Waals surface area contributed by atoms with Gasteiger partial charge in [0.15, 0.2) is 4.34 Å². The molecule has 1 aliphatic heterocycles. The summed E-state index contributed by atoms with van der Waals surface area (Å²) in [5, 5.41) is 1.07. The Morgan fingerprint density at radius 2 is 1.63 bits per heavy atom. The number of benzene rings is 3. The molecule has 0 radical (unpaired) electrons. The molecule has 3 aromatic carbocycles. The number of rotatable bonds is 4. The highest BCUT2D eigenvalue weighted by Crippen LogP contribution is 2.36. The van der Waals surface area contributed by atoms with E-state index in [0.717, 1.165) is 20.1 Å². The number of fused-ring (bicyclic) bond motifs is 2. The van der Waals surface area contributed by atoms with E-state index in [9.17, 15) is 9.59 Å². The highest BCUT2D eigenvalue weighted by atomic mass is 35.5. The second-order valence-corrected chi connectivity index (χ2v) is 9.73. The minimum Gasteiger partial charge on any atom is -0.268 e. The van der Waals surface area contributed by atoms with Crippen LogP contribution < -0.4 is 4.90 Å². The lowest BCUT2D eigenvalue weighted by Crippen LogP contribution is -2.29. The molecule has 1 aromatic heterocycles. The number of carbonyl (C=O) groups is 2. The molecular weight excluding hydrogens is 459 g/mol. The summed E-state index contributed by atoms with van der Waals surface area (Å²) in [4.78, 5) is 31.3. The van der Waals surface area contributed by atoms with E-state index in [2.05, 4.69) is 4.98 Å². The second kappa shape index (κ2) is 7.71. The van der Waals surface area contributed by atoms with Gasteiger partial charge in [-0.3, -0.25) is 9.59 Å². The van der Waals surface area contributed by atoms with Gasteiger partial charge in [-0.15, -0.1) is 11.3 Å². The first kappa shape index (κ1) is 19.6. The van der Waals surface area contributed by atoms with Gasteiger partial charge in [-0.1, -0.05) is 53.2 Å². The normalized spacial score (nSPS) is 13.3. The number of hydrogen-bond acceptors (Lipinski definition) is 5. The fourth-order valence-corrected chi connectivity index (χ4v) is 5.66. The third-order valence-corrected chi connectivity index (χ3v) is 7.72. The Balaban J connectivity index is 1.40. The van der Waals surface area contributed by atoms with Gasteiger partial charge in [0.2, 0.25) is 0 Å². The van der Waals surface area contributed by atoms with E-state index in [-0.39, 0.29) is 11.8 Å². The number of carbonyl (C=O) groups excluding carboxylic acids is 2. The zero-order chi connectivity index (χ0) is 20.8. The zero-order valence-corrected chi connectivity index (χ0v) is 18.4. The van der Waals surface area contributed by atoms with Gasteiger partial charge >= 0.3 is 0 Å². The maximum atomic E-state index is 12.7. The van der Waals surface area contributed by atoms with Gasteiger partial charge in [0.25, 0.3) is 11.8 Å². The fourth-order valence-electron chi connectivity index (χ4n) is 3.29. The molecule has 0 aliphatic carbocycles. The number of amides is 2. The van der Waals surface area contributed by atoms with Crippen LogP contribution >= 0.6 is 46.3 Å². The van der Waals surface area contributed by atoms with Crippen LogP contribution in [0.25, 0.3) is 10.2 Å². The van der Waals surface area contributed by atoms with Crippen LogP contribution in [0.2, 0.25) is 10.0 Å². The van der Waals surface area contributed by atoms with Gasteiger partial charge < -0.3 is 0 Å². The van der Waals surface area contributed by atoms with E-state index >= 15 is 0 Å². The van der Waals surface area contributed by atoms with Crippen molar-refractivity contribution in [1.82, 2.24) is 4.98 Å². The minimum absolute atomic E-state index is 0.298. The van der Waals surface area contributed by atoms with E-state index < -0.39 is 0 Å². The number of thioether (sulfide) groups is 1.